The minimum atomic E-state index is -0.638. The lowest BCUT2D eigenvalue weighted by atomic mass is 10.1. The Bertz CT molecular complexity index is 905. The van der Waals surface area contributed by atoms with Crippen LogP contribution in [0.25, 0.3) is 0 Å². The fourth-order valence-electron chi connectivity index (χ4n) is 2.79. The highest BCUT2D eigenvalue weighted by Crippen LogP contribution is 2.34. The summed E-state index contributed by atoms with van der Waals surface area (Å²) < 4.78 is 5.05. The van der Waals surface area contributed by atoms with E-state index in [1.807, 2.05) is 25.1 Å². The van der Waals surface area contributed by atoms with Crippen molar-refractivity contribution in [2.75, 3.05) is 23.8 Å². The Labute approximate surface area is 172 Å². The molecule has 0 saturated carbocycles. The van der Waals surface area contributed by atoms with E-state index in [2.05, 4.69) is 5.32 Å². The number of anilines is 1. The van der Waals surface area contributed by atoms with E-state index in [-0.39, 0.29) is 24.2 Å². The molecule has 0 spiro atoms. The second-order valence-corrected chi connectivity index (χ2v) is 7.69. The number of rotatable bonds is 6. The van der Waals surface area contributed by atoms with Crippen molar-refractivity contribution in [1.29, 1.82) is 0 Å². The highest BCUT2D eigenvalue weighted by Gasteiger charge is 2.27. The molecule has 1 aliphatic rings. The van der Waals surface area contributed by atoms with E-state index in [1.54, 1.807) is 30.3 Å². The Hall–Kier alpha value is -2.51. The molecule has 8 heteroatoms. The monoisotopic (exact) mass is 418 g/mol. The van der Waals surface area contributed by atoms with Crippen LogP contribution in [0.3, 0.4) is 0 Å². The molecular formula is C20H19ClN2O4S. The third kappa shape index (κ3) is 5.05. The molecule has 1 aliphatic heterocycles. The lowest BCUT2D eigenvalue weighted by molar-refractivity contribution is -0.147. The number of carbonyl (C=O) groups excluding carboxylic acids is 3. The Morgan fingerprint density at radius 2 is 2.04 bits per heavy atom. The molecule has 0 bridgehead atoms. The van der Waals surface area contributed by atoms with Crippen LogP contribution in [0.2, 0.25) is 5.02 Å². The Balaban J connectivity index is 1.52. The molecule has 0 aromatic heterocycles. The fraction of sp³-hybridized carbons (Fsp3) is 0.250. The van der Waals surface area contributed by atoms with Crippen LogP contribution in [0.15, 0.2) is 53.4 Å². The van der Waals surface area contributed by atoms with Gasteiger partial charge in [0, 0.05) is 9.92 Å². The van der Waals surface area contributed by atoms with Crippen LogP contribution in [0.4, 0.5) is 5.69 Å². The zero-order valence-electron chi connectivity index (χ0n) is 15.2. The van der Waals surface area contributed by atoms with Crippen LogP contribution < -0.4 is 10.2 Å². The number of hydrogen-bond donors (Lipinski definition) is 1. The topological polar surface area (TPSA) is 75.7 Å². The quantitative estimate of drug-likeness (QED) is 0.729. The highest BCUT2D eigenvalue weighted by molar-refractivity contribution is 8.00. The highest BCUT2D eigenvalue weighted by atomic mass is 35.5. The van der Waals surface area contributed by atoms with Gasteiger partial charge in [-0.1, -0.05) is 35.9 Å². The van der Waals surface area contributed by atoms with Crippen LogP contribution in [-0.4, -0.2) is 36.7 Å². The standard InChI is InChI=1S/C20H19ClN2O4S/c1-13(14-5-4-6-15(21)9-14)22-18(24)11-27-20(26)10-23-16-7-2-3-8-17(16)28-12-19(23)25/h2-9,13H,10-12H2,1H3,(H,22,24)/t13-/m0/s1. The summed E-state index contributed by atoms with van der Waals surface area (Å²) in [5.74, 6) is -0.968. The van der Waals surface area contributed by atoms with Crippen molar-refractivity contribution < 1.29 is 19.1 Å². The van der Waals surface area contributed by atoms with E-state index >= 15 is 0 Å². The third-order valence-corrected chi connectivity index (χ3v) is 5.47. The number of ether oxygens (including phenoxy) is 1. The predicted molar refractivity (Wildman–Crippen MR) is 108 cm³/mol. The number of amides is 2. The molecule has 1 atom stereocenters. The van der Waals surface area contributed by atoms with Gasteiger partial charge in [-0.05, 0) is 36.8 Å². The number of esters is 1. The summed E-state index contributed by atoms with van der Waals surface area (Å²) in [4.78, 5) is 38.7. The van der Waals surface area contributed by atoms with Crippen molar-refractivity contribution >= 4 is 46.8 Å². The van der Waals surface area contributed by atoms with Gasteiger partial charge in [0.15, 0.2) is 6.61 Å². The van der Waals surface area contributed by atoms with E-state index in [1.165, 1.54) is 16.7 Å². The van der Waals surface area contributed by atoms with E-state index in [0.717, 1.165) is 10.5 Å². The normalized spacial score (nSPS) is 14.2. The number of thioether (sulfide) groups is 1. The molecule has 3 rings (SSSR count). The minimum Gasteiger partial charge on any atom is -0.454 e. The molecule has 0 aliphatic carbocycles. The number of nitrogens with one attached hydrogen (secondary N) is 1. The number of halogens is 1. The van der Waals surface area contributed by atoms with Crippen LogP contribution >= 0.6 is 23.4 Å². The van der Waals surface area contributed by atoms with E-state index in [4.69, 9.17) is 16.3 Å². The van der Waals surface area contributed by atoms with Crippen molar-refractivity contribution in [2.24, 2.45) is 0 Å². The summed E-state index contributed by atoms with van der Waals surface area (Å²) in [5.41, 5.74) is 1.53. The van der Waals surface area contributed by atoms with Gasteiger partial charge < -0.3 is 10.1 Å². The van der Waals surface area contributed by atoms with Gasteiger partial charge in [-0.3, -0.25) is 19.3 Å². The lowest BCUT2D eigenvalue weighted by Gasteiger charge is -2.27. The van der Waals surface area contributed by atoms with Gasteiger partial charge >= 0.3 is 5.97 Å². The molecule has 28 heavy (non-hydrogen) atoms. The molecule has 6 nitrogen and oxygen atoms in total. The SMILES string of the molecule is C[C@H](NC(=O)COC(=O)CN1C(=O)CSc2ccccc21)c1cccc(Cl)c1. The maximum absolute atomic E-state index is 12.2. The maximum Gasteiger partial charge on any atom is 0.326 e. The first-order valence-corrected chi connectivity index (χ1v) is 10.0. The number of fused-ring (bicyclic) bond motifs is 1. The number of nitrogens with zero attached hydrogens (tertiary/aromatic N) is 1. The summed E-state index contributed by atoms with van der Waals surface area (Å²) in [6.07, 6.45) is 0. The number of hydrogen-bond acceptors (Lipinski definition) is 5. The number of para-hydroxylation sites is 1. The molecule has 2 amide bonds. The van der Waals surface area contributed by atoms with Gasteiger partial charge in [-0.25, -0.2) is 0 Å². The fourth-order valence-corrected chi connectivity index (χ4v) is 3.92. The molecule has 1 N–H and O–H groups in total. The first-order valence-electron chi connectivity index (χ1n) is 8.66. The molecule has 0 fully saturated rings. The smallest absolute Gasteiger partial charge is 0.326 e. The van der Waals surface area contributed by atoms with Gasteiger partial charge in [0.25, 0.3) is 5.91 Å². The van der Waals surface area contributed by atoms with Gasteiger partial charge in [-0.2, -0.15) is 0 Å². The summed E-state index contributed by atoms with van der Waals surface area (Å²) in [5, 5.41) is 3.33. The zero-order valence-corrected chi connectivity index (χ0v) is 16.8. The average Bonchev–Trinajstić information content (AvgIpc) is 2.68. The van der Waals surface area contributed by atoms with E-state index < -0.39 is 18.5 Å². The van der Waals surface area contributed by atoms with Gasteiger partial charge in [0.05, 0.1) is 17.5 Å². The summed E-state index contributed by atoms with van der Waals surface area (Å²) in [6.45, 7) is 1.17. The van der Waals surface area contributed by atoms with Crippen LogP contribution in [-0.2, 0) is 19.1 Å². The molecule has 2 aromatic carbocycles. The van der Waals surface area contributed by atoms with Crippen molar-refractivity contribution in [3.63, 3.8) is 0 Å². The van der Waals surface area contributed by atoms with E-state index in [9.17, 15) is 14.4 Å². The van der Waals surface area contributed by atoms with Crippen LogP contribution in [0.5, 0.6) is 0 Å². The van der Waals surface area contributed by atoms with Gasteiger partial charge in [0.2, 0.25) is 5.91 Å². The van der Waals surface area contributed by atoms with Crippen molar-refractivity contribution in [2.45, 2.75) is 17.9 Å². The summed E-state index contributed by atoms with van der Waals surface area (Å²) in [6, 6.07) is 14.2. The van der Waals surface area contributed by atoms with Crippen molar-refractivity contribution in [3.8, 4) is 0 Å². The van der Waals surface area contributed by atoms with Crippen LogP contribution in [0.1, 0.15) is 18.5 Å². The van der Waals surface area contributed by atoms with Gasteiger partial charge in [-0.15, -0.1) is 11.8 Å². The zero-order chi connectivity index (χ0) is 20.1. The van der Waals surface area contributed by atoms with Crippen molar-refractivity contribution in [1.82, 2.24) is 5.32 Å². The second kappa shape index (κ2) is 9.12. The molecular weight excluding hydrogens is 400 g/mol. The number of carbonyl (C=O) groups is 3. The third-order valence-electron chi connectivity index (χ3n) is 4.19. The largest absolute Gasteiger partial charge is 0.454 e. The second-order valence-electron chi connectivity index (χ2n) is 6.24. The lowest BCUT2D eigenvalue weighted by Crippen LogP contribution is -2.40. The van der Waals surface area contributed by atoms with E-state index in [0.29, 0.717) is 10.7 Å². The molecule has 0 radical (unpaired) electrons. The molecule has 146 valence electrons. The first-order chi connectivity index (χ1) is 13.4. The molecule has 0 saturated heterocycles. The van der Waals surface area contributed by atoms with Gasteiger partial charge in [0.1, 0.15) is 6.54 Å². The average molecular weight is 419 g/mol. The molecule has 2 aromatic rings. The Kier molecular flexibility index (Phi) is 6.59. The number of benzene rings is 2. The van der Waals surface area contributed by atoms with Crippen LogP contribution in [0, 0.1) is 0 Å². The predicted octanol–water partition coefficient (Wildman–Crippen LogP) is 3.20. The molecule has 1 heterocycles. The Morgan fingerprint density at radius 1 is 1.25 bits per heavy atom. The Morgan fingerprint density at radius 3 is 2.82 bits per heavy atom. The van der Waals surface area contributed by atoms with Crippen molar-refractivity contribution in [3.05, 3.63) is 59.1 Å². The molecule has 0 unspecified atom stereocenters. The first kappa shape index (κ1) is 20.2. The maximum atomic E-state index is 12.2. The summed E-state index contributed by atoms with van der Waals surface area (Å²) >= 11 is 7.39. The minimum absolute atomic E-state index is 0.167. The summed E-state index contributed by atoms with van der Waals surface area (Å²) in [7, 11) is 0.